The van der Waals surface area contributed by atoms with Gasteiger partial charge in [-0.1, -0.05) is 125 Å². The number of benzene rings is 5. The first kappa shape index (κ1) is 30.6. The number of allylic oxidation sites excluding steroid dienone is 8. The summed E-state index contributed by atoms with van der Waals surface area (Å²) in [4.78, 5) is 10.7. The maximum absolute atomic E-state index is 5.54. The third-order valence-electron chi connectivity index (χ3n) is 13.1. The van der Waals surface area contributed by atoms with Crippen LogP contribution >= 0.6 is 0 Å². The van der Waals surface area contributed by atoms with Crippen molar-refractivity contribution in [3.63, 3.8) is 0 Å². The molecule has 5 aromatic carbocycles. The Balaban J connectivity index is 1.28. The molecule has 0 aliphatic heterocycles. The van der Waals surface area contributed by atoms with Gasteiger partial charge in [0.05, 0.1) is 27.6 Å². The van der Waals surface area contributed by atoms with Gasteiger partial charge in [0.1, 0.15) is 5.82 Å². The topological polar surface area (TPSA) is 35.6 Å². The van der Waals surface area contributed by atoms with E-state index < -0.39 is 0 Å². The summed E-state index contributed by atoms with van der Waals surface area (Å²) in [5.41, 5.74) is 10.8. The summed E-state index contributed by atoms with van der Waals surface area (Å²) in [7, 11) is 0. The first-order valence-corrected chi connectivity index (χ1v) is 18.9. The summed E-state index contributed by atoms with van der Waals surface area (Å²) in [6.45, 7) is 9.57. The van der Waals surface area contributed by atoms with Gasteiger partial charge >= 0.3 is 0 Å². The summed E-state index contributed by atoms with van der Waals surface area (Å²) in [5, 5.41) is 6.05. The molecule has 3 aliphatic carbocycles. The van der Waals surface area contributed by atoms with E-state index in [9.17, 15) is 0 Å². The van der Waals surface area contributed by atoms with Crippen molar-refractivity contribution in [2.75, 3.05) is 0 Å². The molecule has 3 aliphatic rings. The monoisotopic (exact) mass is 684 g/mol. The number of rotatable bonds is 3. The minimum atomic E-state index is -0.0499. The number of para-hydroxylation sites is 3. The molecule has 0 fully saturated rings. The molecule has 0 spiro atoms. The van der Waals surface area contributed by atoms with E-state index in [4.69, 9.17) is 9.97 Å². The van der Waals surface area contributed by atoms with E-state index in [0.717, 1.165) is 40.2 Å². The smallest absolute Gasteiger partial charge is 0.158 e. The highest BCUT2D eigenvalue weighted by Gasteiger charge is 2.53. The SMILES string of the molecule is CC1CC=CC=C1c1nc(-n2c3cc(-n4c5ccccc5c5ccccc54)ccc3c3cc4c(cc32)C2C=CC=CC2(C)C4(C)C)c2ccccc2n1. The Kier molecular flexibility index (Phi) is 6.22. The zero-order valence-electron chi connectivity index (χ0n) is 30.5. The second-order valence-corrected chi connectivity index (χ2v) is 16.1. The molecule has 3 heterocycles. The standard InChI is InChI=1S/C49H40N4/c1-30-15-5-6-16-32(30)46-50-41-21-10-7-19-36(41)47(51-46)53-44-27-31(52-42-22-11-8-17-33(42)34-18-9-12-23-43(34)52)24-25-35(44)37-28-40-38(29-45(37)53)39-20-13-14-26-49(39,4)48(40,2)3/h5-14,16-30,39H,15H2,1-4H3. The van der Waals surface area contributed by atoms with Gasteiger partial charge in [-0.25, -0.2) is 9.97 Å². The third-order valence-corrected chi connectivity index (χ3v) is 13.1. The maximum atomic E-state index is 5.54. The van der Waals surface area contributed by atoms with Gasteiger partial charge in [-0.3, -0.25) is 4.57 Å². The zero-order chi connectivity index (χ0) is 35.6. The van der Waals surface area contributed by atoms with Crippen LogP contribution in [0.25, 0.3) is 71.6 Å². The Morgan fingerprint density at radius 1 is 0.642 bits per heavy atom. The Hall–Kier alpha value is -6.00. The summed E-state index contributed by atoms with van der Waals surface area (Å²) in [5.74, 6) is 2.36. The number of nitrogens with zero attached hydrogens (tertiary/aromatic N) is 4. The molecule has 3 aromatic heterocycles. The normalized spacial score (nSPS) is 21.6. The largest absolute Gasteiger partial charge is 0.309 e. The quantitative estimate of drug-likeness (QED) is 0.186. The van der Waals surface area contributed by atoms with Crippen LogP contribution in [0.3, 0.4) is 0 Å². The highest BCUT2D eigenvalue weighted by molar-refractivity contribution is 6.13. The van der Waals surface area contributed by atoms with Gasteiger partial charge in [0.2, 0.25) is 0 Å². The fraction of sp³-hybridized carbons (Fsp3) is 0.184. The van der Waals surface area contributed by atoms with Crippen molar-refractivity contribution in [1.29, 1.82) is 0 Å². The molecular formula is C49H40N4. The molecule has 3 unspecified atom stereocenters. The molecule has 0 bridgehead atoms. The molecule has 4 heteroatoms. The third kappa shape index (κ3) is 4.07. The number of fused-ring (bicyclic) bond motifs is 10. The van der Waals surface area contributed by atoms with Gasteiger partial charge in [-0.05, 0) is 83.0 Å². The molecule has 0 saturated heterocycles. The summed E-state index contributed by atoms with van der Waals surface area (Å²) >= 11 is 0. The number of hydrogen-bond donors (Lipinski definition) is 0. The van der Waals surface area contributed by atoms with Crippen LogP contribution in [0.4, 0.5) is 0 Å². The Morgan fingerprint density at radius 2 is 1.34 bits per heavy atom. The number of aromatic nitrogens is 4. The van der Waals surface area contributed by atoms with Crippen molar-refractivity contribution in [3.8, 4) is 11.5 Å². The Morgan fingerprint density at radius 3 is 2.11 bits per heavy atom. The average Bonchev–Trinajstić information content (AvgIpc) is 3.74. The molecule has 3 atom stereocenters. The molecule has 0 N–H and O–H groups in total. The molecule has 8 aromatic rings. The lowest BCUT2D eigenvalue weighted by Gasteiger charge is -2.41. The van der Waals surface area contributed by atoms with E-state index in [2.05, 4.69) is 182 Å². The van der Waals surface area contributed by atoms with Crippen LogP contribution in [0, 0.1) is 11.3 Å². The van der Waals surface area contributed by atoms with E-state index in [1.165, 1.54) is 54.8 Å². The molecule has 4 nitrogen and oxygen atoms in total. The highest BCUT2D eigenvalue weighted by atomic mass is 15.1. The van der Waals surface area contributed by atoms with E-state index in [1.807, 2.05) is 0 Å². The van der Waals surface area contributed by atoms with Gasteiger partial charge in [-0.2, -0.15) is 0 Å². The van der Waals surface area contributed by atoms with Gasteiger partial charge in [0.15, 0.2) is 5.82 Å². The molecular weight excluding hydrogens is 645 g/mol. The van der Waals surface area contributed by atoms with Gasteiger partial charge in [0.25, 0.3) is 0 Å². The Bertz CT molecular complexity index is 2940. The lowest BCUT2D eigenvalue weighted by atomic mass is 9.62. The minimum absolute atomic E-state index is 0.0148. The zero-order valence-corrected chi connectivity index (χ0v) is 30.5. The number of hydrogen-bond acceptors (Lipinski definition) is 2. The second-order valence-electron chi connectivity index (χ2n) is 16.1. The predicted octanol–water partition coefficient (Wildman–Crippen LogP) is 12.3. The van der Waals surface area contributed by atoms with Crippen LogP contribution in [0.15, 0.2) is 146 Å². The van der Waals surface area contributed by atoms with Gasteiger partial charge < -0.3 is 4.57 Å². The fourth-order valence-electron chi connectivity index (χ4n) is 9.88. The van der Waals surface area contributed by atoms with Crippen molar-refractivity contribution in [1.82, 2.24) is 19.1 Å². The molecule has 0 saturated carbocycles. The first-order valence-electron chi connectivity index (χ1n) is 18.9. The van der Waals surface area contributed by atoms with Crippen molar-refractivity contribution < 1.29 is 0 Å². The van der Waals surface area contributed by atoms with Crippen molar-refractivity contribution >= 4 is 60.1 Å². The summed E-state index contributed by atoms with van der Waals surface area (Å²) in [6.07, 6.45) is 16.9. The minimum Gasteiger partial charge on any atom is -0.309 e. The lowest BCUT2D eigenvalue weighted by molar-refractivity contribution is 0.245. The molecule has 0 amide bonds. The van der Waals surface area contributed by atoms with E-state index in [-0.39, 0.29) is 10.8 Å². The van der Waals surface area contributed by atoms with Crippen LogP contribution in [0.2, 0.25) is 0 Å². The highest BCUT2D eigenvalue weighted by Crippen LogP contribution is 2.62. The summed E-state index contributed by atoms with van der Waals surface area (Å²) < 4.78 is 4.87. The Labute approximate surface area is 309 Å². The average molecular weight is 685 g/mol. The molecule has 0 radical (unpaired) electrons. The summed E-state index contributed by atoms with van der Waals surface area (Å²) in [6, 6.07) is 38.1. The maximum Gasteiger partial charge on any atom is 0.158 e. The van der Waals surface area contributed by atoms with Crippen LogP contribution in [-0.4, -0.2) is 19.1 Å². The fourth-order valence-corrected chi connectivity index (χ4v) is 9.88. The van der Waals surface area contributed by atoms with E-state index in [0.29, 0.717) is 11.8 Å². The lowest BCUT2D eigenvalue weighted by Crippen LogP contribution is -2.36. The van der Waals surface area contributed by atoms with Gasteiger partial charge in [-0.15, -0.1) is 0 Å². The molecule has 53 heavy (non-hydrogen) atoms. The van der Waals surface area contributed by atoms with Crippen molar-refractivity contribution in [3.05, 3.63) is 163 Å². The van der Waals surface area contributed by atoms with Crippen LogP contribution < -0.4 is 0 Å². The molecule has 256 valence electrons. The van der Waals surface area contributed by atoms with E-state index in [1.54, 1.807) is 0 Å². The second kappa shape index (κ2) is 10.8. The first-order chi connectivity index (χ1) is 25.8. The van der Waals surface area contributed by atoms with Crippen molar-refractivity contribution in [2.24, 2.45) is 11.3 Å². The molecule has 11 rings (SSSR count). The van der Waals surface area contributed by atoms with Crippen LogP contribution in [0.5, 0.6) is 0 Å². The van der Waals surface area contributed by atoms with E-state index >= 15 is 0 Å². The predicted molar refractivity (Wildman–Crippen MR) is 221 cm³/mol. The van der Waals surface area contributed by atoms with Crippen molar-refractivity contribution in [2.45, 2.75) is 45.4 Å². The van der Waals surface area contributed by atoms with Gasteiger partial charge in [0, 0.05) is 44.0 Å². The van der Waals surface area contributed by atoms with Crippen LogP contribution in [0.1, 0.15) is 57.0 Å². The van der Waals surface area contributed by atoms with Crippen LogP contribution in [-0.2, 0) is 5.41 Å².